The number of hydrogen-bond donors (Lipinski definition) is 1. The van der Waals surface area contributed by atoms with Crippen LogP contribution in [0.1, 0.15) is 29.0 Å². The third kappa shape index (κ3) is 3.53. The van der Waals surface area contributed by atoms with Crippen molar-refractivity contribution in [3.63, 3.8) is 0 Å². The normalized spacial score (nSPS) is 12.7. The van der Waals surface area contributed by atoms with E-state index >= 15 is 0 Å². The molecule has 1 nitrogen and oxygen atoms in total. The number of rotatable bonds is 5. The molecule has 0 spiro atoms. The second kappa shape index (κ2) is 6.90. The molecule has 0 amide bonds. The van der Waals surface area contributed by atoms with E-state index in [4.69, 9.17) is 23.2 Å². The van der Waals surface area contributed by atoms with Gasteiger partial charge in [-0.3, -0.25) is 0 Å². The summed E-state index contributed by atoms with van der Waals surface area (Å²) in [5, 5.41) is 3.83. The van der Waals surface area contributed by atoms with E-state index in [-0.39, 0.29) is 11.9 Å². The molecule has 0 radical (unpaired) electrons. The molecule has 0 bridgehead atoms. The van der Waals surface area contributed by atoms with E-state index in [0.717, 1.165) is 21.3 Å². The fraction of sp³-hybridized carbons (Fsp3) is 0.333. The first-order chi connectivity index (χ1) is 9.52. The first kappa shape index (κ1) is 15.8. The number of likely N-dealkylation sites (N-methyl/N-ethyl adjacent to an activating group) is 1. The van der Waals surface area contributed by atoms with Crippen molar-refractivity contribution in [2.24, 2.45) is 0 Å². The third-order valence-corrected chi connectivity index (χ3v) is 5.16. The maximum Gasteiger partial charge on any atom is 0.127 e. The molecular formula is C15H16Cl2FNS. The van der Waals surface area contributed by atoms with Crippen LogP contribution in [0.5, 0.6) is 0 Å². The molecule has 1 aromatic heterocycles. The largest absolute Gasteiger partial charge is 0.309 e. The highest BCUT2D eigenvalue weighted by atomic mass is 35.5. The Hall–Kier alpha value is -0.610. The Kier molecular flexibility index (Phi) is 5.44. The summed E-state index contributed by atoms with van der Waals surface area (Å²) in [7, 11) is 0. The summed E-state index contributed by atoms with van der Waals surface area (Å²) in [6.07, 6.45) is 0.510. The zero-order chi connectivity index (χ0) is 14.7. The predicted molar refractivity (Wildman–Crippen MR) is 85.6 cm³/mol. The molecule has 1 atom stereocenters. The van der Waals surface area contributed by atoms with Crippen molar-refractivity contribution < 1.29 is 4.39 Å². The van der Waals surface area contributed by atoms with Crippen LogP contribution in [0, 0.1) is 12.7 Å². The van der Waals surface area contributed by atoms with Gasteiger partial charge in [-0.25, -0.2) is 4.39 Å². The van der Waals surface area contributed by atoms with Crippen molar-refractivity contribution in [1.29, 1.82) is 0 Å². The smallest absolute Gasteiger partial charge is 0.127 e. The predicted octanol–water partition coefficient (Wildman–Crippen LogP) is 5.40. The molecular weight excluding hydrogens is 316 g/mol. The van der Waals surface area contributed by atoms with Crippen LogP contribution in [0.4, 0.5) is 4.39 Å². The number of thiophene rings is 1. The lowest BCUT2D eigenvalue weighted by molar-refractivity contribution is 0.534. The number of halogens is 3. The van der Waals surface area contributed by atoms with Gasteiger partial charge in [0.15, 0.2) is 0 Å². The van der Waals surface area contributed by atoms with Crippen LogP contribution in [0.25, 0.3) is 0 Å². The van der Waals surface area contributed by atoms with Crippen molar-refractivity contribution in [2.45, 2.75) is 26.3 Å². The van der Waals surface area contributed by atoms with Gasteiger partial charge in [0.05, 0.1) is 4.34 Å². The van der Waals surface area contributed by atoms with Gasteiger partial charge < -0.3 is 5.32 Å². The molecule has 108 valence electrons. The molecule has 2 aromatic rings. The lowest BCUT2D eigenvalue weighted by Crippen LogP contribution is -2.22. The highest BCUT2D eigenvalue weighted by Crippen LogP contribution is 2.34. The van der Waals surface area contributed by atoms with E-state index < -0.39 is 0 Å². The molecule has 1 aromatic carbocycles. The SMILES string of the molecule is CCNC(Cc1c(F)cccc1Cl)c1cc(C)c(Cl)s1. The van der Waals surface area contributed by atoms with Crippen LogP contribution in [0.3, 0.4) is 0 Å². The van der Waals surface area contributed by atoms with Gasteiger partial charge in [-0.05, 0) is 43.7 Å². The van der Waals surface area contributed by atoms with Crippen molar-refractivity contribution in [1.82, 2.24) is 5.32 Å². The number of benzene rings is 1. The van der Waals surface area contributed by atoms with Crippen LogP contribution >= 0.6 is 34.5 Å². The molecule has 0 aliphatic carbocycles. The van der Waals surface area contributed by atoms with Gasteiger partial charge in [-0.1, -0.05) is 36.2 Å². The van der Waals surface area contributed by atoms with Crippen LogP contribution in [0.15, 0.2) is 24.3 Å². The van der Waals surface area contributed by atoms with E-state index in [1.54, 1.807) is 12.1 Å². The molecule has 20 heavy (non-hydrogen) atoms. The quantitative estimate of drug-likeness (QED) is 0.773. The fourth-order valence-corrected chi connectivity index (χ4v) is 3.64. The average molecular weight is 332 g/mol. The molecule has 0 saturated carbocycles. The number of aryl methyl sites for hydroxylation is 1. The average Bonchev–Trinajstić information content (AvgIpc) is 2.73. The van der Waals surface area contributed by atoms with E-state index in [2.05, 4.69) is 11.4 Å². The van der Waals surface area contributed by atoms with Gasteiger partial charge in [0.2, 0.25) is 0 Å². The van der Waals surface area contributed by atoms with Crippen LogP contribution in [0.2, 0.25) is 9.36 Å². The zero-order valence-electron chi connectivity index (χ0n) is 11.3. The Morgan fingerprint density at radius 2 is 2.10 bits per heavy atom. The molecule has 1 heterocycles. The Bertz CT molecular complexity index is 558. The molecule has 2 rings (SSSR count). The minimum Gasteiger partial charge on any atom is -0.309 e. The van der Waals surface area contributed by atoms with Crippen LogP contribution in [-0.4, -0.2) is 6.54 Å². The topological polar surface area (TPSA) is 12.0 Å². The molecule has 1 N–H and O–H groups in total. The number of hydrogen-bond acceptors (Lipinski definition) is 2. The summed E-state index contributed by atoms with van der Waals surface area (Å²) in [5.74, 6) is -0.264. The second-order valence-electron chi connectivity index (χ2n) is 4.62. The summed E-state index contributed by atoms with van der Waals surface area (Å²) in [5.41, 5.74) is 1.59. The minimum atomic E-state index is -0.264. The zero-order valence-corrected chi connectivity index (χ0v) is 13.7. The molecule has 0 saturated heterocycles. The first-order valence-corrected chi connectivity index (χ1v) is 8.02. The van der Waals surface area contributed by atoms with Gasteiger partial charge in [-0.2, -0.15) is 0 Å². The minimum absolute atomic E-state index is 0.0191. The molecule has 1 unspecified atom stereocenters. The first-order valence-electron chi connectivity index (χ1n) is 6.45. The Morgan fingerprint density at radius 3 is 2.65 bits per heavy atom. The monoisotopic (exact) mass is 331 g/mol. The third-order valence-electron chi connectivity index (χ3n) is 3.14. The summed E-state index contributed by atoms with van der Waals surface area (Å²) < 4.78 is 14.7. The lowest BCUT2D eigenvalue weighted by Gasteiger charge is -2.17. The van der Waals surface area contributed by atoms with Crippen LogP contribution < -0.4 is 5.32 Å². The van der Waals surface area contributed by atoms with Crippen LogP contribution in [-0.2, 0) is 6.42 Å². The van der Waals surface area contributed by atoms with Crippen molar-refractivity contribution in [3.05, 3.63) is 55.4 Å². The summed E-state index contributed by atoms with van der Waals surface area (Å²) in [4.78, 5) is 1.11. The van der Waals surface area contributed by atoms with E-state index in [0.29, 0.717) is 17.0 Å². The molecule has 0 fully saturated rings. The van der Waals surface area contributed by atoms with Gasteiger partial charge >= 0.3 is 0 Å². The van der Waals surface area contributed by atoms with E-state index in [1.807, 2.05) is 13.8 Å². The van der Waals surface area contributed by atoms with Crippen molar-refractivity contribution in [2.75, 3.05) is 6.54 Å². The summed E-state index contributed by atoms with van der Waals surface area (Å²) >= 11 is 13.8. The molecule has 0 aliphatic heterocycles. The maximum absolute atomic E-state index is 13.9. The summed E-state index contributed by atoms with van der Waals surface area (Å²) in [6.45, 7) is 4.80. The van der Waals surface area contributed by atoms with Gasteiger partial charge in [0.25, 0.3) is 0 Å². The maximum atomic E-state index is 13.9. The van der Waals surface area contributed by atoms with Gasteiger partial charge in [0, 0.05) is 21.5 Å². The Morgan fingerprint density at radius 1 is 1.35 bits per heavy atom. The van der Waals surface area contributed by atoms with Gasteiger partial charge in [0.1, 0.15) is 5.82 Å². The Labute approximate surface area is 132 Å². The summed E-state index contributed by atoms with van der Waals surface area (Å²) in [6, 6.07) is 6.85. The Balaban J connectivity index is 2.30. The fourth-order valence-electron chi connectivity index (χ4n) is 2.11. The highest BCUT2D eigenvalue weighted by Gasteiger charge is 2.18. The molecule has 5 heteroatoms. The van der Waals surface area contributed by atoms with E-state index in [1.165, 1.54) is 17.4 Å². The molecule has 0 aliphatic rings. The van der Waals surface area contributed by atoms with Gasteiger partial charge in [-0.15, -0.1) is 11.3 Å². The highest BCUT2D eigenvalue weighted by molar-refractivity contribution is 7.16. The van der Waals surface area contributed by atoms with Crippen molar-refractivity contribution in [3.8, 4) is 0 Å². The second-order valence-corrected chi connectivity index (χ2v) is 6.71. The van der Waals surface area contributed by atoms with Crippen molar-refractivity contribution >= 4 is 34.5 Å². The standard InChI is InChI=1S/C15H16Cl2FNS/c1-3-19-13(14-7-9(2)15(17)20-14)8-10-11(16)5-4-6-12(10)18/h4-7,13,19H,3,8H2,1-2H3. The lowest BCUT2D eigenvalue weighted by atomic mass is 10.0. The van der Waals surface area contributed by atoms with E-state index in [9.17, 15) is 4.39 Å². The number of nitrogens with one attached hydrogen (secondary N) is 1.